The van der Waals surface area contributed by atoms with E-state index in [1.807, 2.05) is 0 Å². The molecule has 5 nitrogen and oxygen atoms in total. The van der Waals surface area contributed by atoms with Crippen molar-refractivity contribution >= 4 is 11.8 Å². The Morgan fingerprint density at radius 2 is 2.00 bits per heavy atom. The zero-order chi connectivity index (χ0) is 21.3. The predicted octanol–water partition coefficient (Wildman–Crippen LogP) is 2.85. The Hall–Kier alpha value is -2.09. The minimum atomic E-state index is -4.42. The molecule has 2 heterocycles. The van der Waals surface area contributed by atoms with Crippen LogP contribution in [0.5, 0.6) is 0 Å². The van der Waals surface area contributed by atoms with E-state index in [1.54, 1.807) is 18.0 Å². The van der Waals surface area contributed by atoms with Gasteiger partial charge in [-0.1, -0.05) is 19.1 Å². The first kappa shape index (κ1) is 21.6. The van der Waals surface area contributed by atoms with E-state index >= 15 is 0 Å². The Morgan fingerprint density at radius 3 is 2.66 bits per heavy atom. The number of amides is 2. The molecule has 1 aromatic carbocycles. The van der Waals surface area contributed by atoms with Crippen molar-refractivity contribution < 1.29 is 22.8 Å². The normalized spacial score (nSPS) is 26.1. The first-order chi connectivity index (χ1) is 13.6. The smallest absolute Gasteiger partial charge is 0.342 e. The summed E-state index contributed by atoms with van der Waals surface area (Å²) in [7, 11) is 3.87. The van der Waals surface area contributed by atoms with Crippen LogP contribution in [0, 0.1) is 11.8 Å². The van der Waals surface area contributed by atoms with Gasteiger partial charge in [-0.25, -0.2) is 0 Å². The van der Waals surface area contributed by atoms with Gasteiger partial charge in [0.1, 0.15) is 0 Å². The van der Waals surface area contributed by atoms with Gasteiger partial charge in [-0.2, -0.15) is 13.2 Å². The molecule has 3 atom stereocenters. The average Bonchev–Trinajstić information content (AvgIpc) is 3.00. The fourth-order valence-electron chi connectivity index (χ4n) is 4.53. The Morgan fingerprint density at radius 1 is 1.28 bits per heavy atom. The van der Waals surface area contributed by atoms with Crippen molar-refractivity contribution in [2.45, 2.75) is 38.5 Å². The number of halogens is 3. The molecule has 0 N–H and O–H groups in total. The molecule has 0 aromatic heterocycles. The number of nitrogens with zero attached hydrogens (tertiary/aromatic N) is 3. The monoisotopic (exact) mass is 411 g/mol. The SMILES string of the molecule is C[C@@H]1CN(C)CC[C@@H]1N(C)C(=O)[C@H]1CC(=O)N(Cc2cccc(C(F)(F)F)c2)C1. The van der Waals surface area contributed by atoms with Gasteiger partial charge in [0.15, 0.2) is 0 Å². The van der Waals surface area contributed by atoms with Crippen LogP contribution in [-0.4, -0.2) is 66.3 Å². The number of likely N-dealkylation sites (tertiary alicyclic amines) is 2. The van der Waals surface area contributed by atoms with E-state index in [1.165, 1.54) is 11.0 Å². The lowest BCUT2D eigenvalue weighted by atomic mass is 9.92. The molecule has 0 unspecified atom stereocenters. The number of piperidine rings is 1. The van der Waals surface area contributed by atoms with Crippen LogP contribution in [-0.2, 0) is 22.3 Å². The van der Waals surface area contributed by atoms with E-state index < -0.39 is 17.7 Å². The number of hydrogen-bond donors (Lipinski definition) is 0. The summed E-state index contributed by atoms with van der Waals surface area (Å²) in [5.74, 6) is -0.331. The second-order valence-corrected chi connectivity index (χ2v) is 8.42. The fraction of sp³-hybridized carbons (Fsp3) is 0.619. The van der Waals surface area contributed by atoms with E-state index in [0.29, 0.717) is 11.5 Å². The summed E-state index contributed by atoms with van der Waals surface area (Å²) < 4.78 is 38.7. The lowest BCUT2D eigenvalue weighted by Crippen LogP contribution is -2.51. The molecule has 0 radical (unpaired) electrons. The summed E-state index contributed by atoms with van der Waals surface area (Å²) in [4.78, 5) is 30.9. The molecule has 8 heteroatoms. The Bertz CT molecular complexity index is 768. The summed E-state index contributed by atoms with van der Waals surface area (Å²) in [5, 5.41) is 0. The van der Waals surface area contributed by atoms with E-state index in [4.69, 9.17) is 0 Å². The van der Waals surface area contributed by atoms with Crippen LogP contribution >= 0.6 is 0 Å². The van der Waals surface area contributed by atoms with Gasteiger partial charge >= 0.3 is 6.18 Å². The lowest BCUT2D eigenvalue weighted by Gasteiger charge is -2.40. The van der Waals surface area contributed by atoms with Gasteiger partial charge in [0.05, 0.1) is 11.5 Å². The molecule has 160 valence electrons. The second kappa shape index (κ2) is 8.34. The fourth-order valence-corrected chi connectivity index (χ4v) is 4.53. The van der Waals surface area contributed by atoms with E-state index in [0.717, 1.165) is 31.6 Å². The van der Waals surface area contributed by atoms with Crippen molar-refractivity contribution in [1.82, 2.24) is 14.7 Å². The molecule has 0 saturated carbocycles. The number of carbonyl (C=O) groups excluding carboxylic acids is 2. The van der Waals surface area contributed by atoms with Crippen molar-refractivity contribution in [3.05, 3.63) is 35.4 Å². The lowest BCUT2D eigenvalue weighted by molar-refractivity contribution is -0.138. The van der Waals surface area contributed by atoms with Crippen LogP contribution < -0.4 is 0 Å². The van der Waals surface area contributed by atoms with E-state index in [9.17, 15) is 22.8 Å². The highest BCUT2D eigenvalue weighted by Gasteiger charge is 2.39. The third-order valence-corrected chi connectivity index (χ3v) is 6.10. The standard InChI is InChI=1S/C21H28F3N3O2/c1-14-11-25(2)8-7-18(14)26(3)20(29)16-10-19(28)27(13-16)12-15-5-4-6-17(9-15)21(22,23)24/h4-6,9,14,16,18H,7-8,10-13H2,1-3H3/t14-,16+,18+/m1/s1. The van der Waals surface area contributed by atoms with Crippen LogP contribution in [0.2, 0.25) is 0 Å². The maximum absolute atomic E-state index is 13.0. The molecule has 3 rings (SSSR count). The maximum Gasteiger partial charge on any atom is 0.416 e. The molecule has 0 bridgehead atoms. The van der Waals surface area contributed by atoms with Crippen LogP contribution in [0.25, 0.3) is 0 Å². The number of rotatable bonds is 4. The van der Waals surface area contributed by atoms with Crippen molar-refractivity contribution in [2.24, 2.45) is 11.8 Å². The topological polar surface area (TPSA) is 43.9 Å². The van der Waals surface area contributed by atoms with Gasteiger partial charge in [0.25, 0.3) is 0 Å². The zero-order valence-electron chi connectivity index (χ0n) is 17.1. The number of hydrogen-bond acceptors (Lipinski definition) is 3. The molecule has 29 heavy (non-hydrogen) atoms. The highest BCUT2D eigenvalue weighted by Crippen LogP contribution is 2.31. The third kappa shape index (κ3) is 4.91. The van der Waals surface area contributed by atoms with Crippen molar-refractivity contribution in [2.75, 3.05) is 33.7 Å². The van der Waals surface area contributed by atoms with Crippen molar-refractivity contribution in [3.63, 3.8) is 0 Å². The quantitative estimate of drug-likeness (QED) is 0.765. The zero-order valence-corrected chi connectivity index (χ0v) is 17.1. The first-order valence-electron chi connectivity index (χ1n) is 9.95. The molecule has 1 aromatic rings. The summed E-state index contributed by atoms with van der Waals surface area (Å²) in [6.45, 7) is 4.31. The average molecular weight is 411 g/mol. The second-order valence-electron chi connectivity index (χ2n) is 8.42. The molecule has 2 aliphatic heterocycles. The minimum Gasteiger partial charge on any atom is -0.342 e. The van der Waals surface area contributed by atoms with Crippen LogP contribution in [0.3, 0.4) is 0 Å². The Labute approximate surface area is 169 Å². The van der Waals surface area contributed by atoms with Gasteiger partial charge < -0.3 is 14.7 Å². The summed E-state index contributed by atoms with van der Waals surface area (Å²) in [6, 6.07) is 5.14. The highest BCUT2D eigenvalue weighted by molar-refractivity contribution is 5.89. The molecule has 2 aliphatic rings. The van der Waals surface area contributed by atoms with Gasteiger partial charge in [0.2, 0.25) is 11.8 Å². The summed E-state index contributed by atoms with van der Waals surface area (Å²) in [5.41, 5.74) is -0.316. The van der Waals surface area contributed by atoms with E-state index in [2.05, 4.69) is 18.9 Å². The molecule has 2 amide bonds. The summed E-state index contributed by atoms with van der Waals surface area (Å²) in [6.07, 6.45) is -3.41. The minimum absolute atomic E-state index is 0.0497. The molecule has 0 aliphatic carbocycles. The Balaban J connectivity index is 1.63. The summed E-state index contributed by atoms with van der Waals surface area (Å²) >= 11 is 0. The maximum atomic E-state index is 13.0. The molecule has 0 spiro atoms. The van der Waals surface area contributed by atoms with Crippen molar-refractivity contribution in [3.8, 4) is 0 Å². The molecule has 2 fully saturated rings. The van der Waals surface area contributed by atoms with Crippen LogP contribution in [0.1, 0.15) is 30.9 Å². The number of benzene rings is 1. The molecule has 2 saturated heterocycles. The van der Waals surface area contributed by atoms with E-state index in [-0.39, 0.29) is 37.4 Å². The van der Waals surface area contributed by atoms with Crippen molar-refractivity contribution in [1.29, 1.82) is 0 Å². The third-order valence-electron chi connectivity index (χ3n) is 6.10. The molecular weight excluding hydrogens is 383 g/mol. The highest BCUT2D eigenvalue weighted by atomic mass is 19.4. The van der Waals surface area contributed by atoms with Gasteiger partial charge in [0, 0.05) is 39.1 Å². The Kier molecular flexibility index (Phi) is 6.22. The van der Waals surface area contributed by atoms with Gasteiger partial charge in [-0.05, 0) is 43.6 Å². The van der Waals surface area contributed by atoms with Gasteiger partial charge in [-0.15, -0.1) is 0 Å². The molecular formula is C21H28F3N3O2. The van der Waals surface area contributed by atoms with Gasteiger partial charge in [-0.3, -0.25) is 9.59 Å². The first-order valence-corrected chi connectivity index (χ1v) is 9.95. The number of carbonyl (C=O) groups is 2. The largest absolute Gasteiger partial charge is 0.416 e. The van der Waals surface area contributed by atoms with Crippen LogP contribution in [0.4, 0.5) is 13.2 Å². The number of alkyl halides is 3. The van der Waals surface area contributed by atoms with Crippen LogP contribution in [0.15, 0.2) is 24.3 Å². The predicted molar refractivity (Wildman–Crippen MR) is 103 cm³/mol.